The summed E-state index contributed by atoms with van der Waals surface area (Å²) in [5, 5.41) is 1.54. The predicted molar refractivity (Wildman–Crippen MR) is 363 cm³/mol. The van der Waals surface area contributed by atoms with Gasteiger partial charge in [-0.2, -0.15) is 13.2 Å². The molecule has 4 amide bonds. The van der Waals surface area contributed by atoms with Crippen LogP contribution >= 0.6 is 0 Å². The van der Waals surface area contributed by atoms with Crippen LogP contribution in [0.25, 0.3) is 44.3 Å². The van der Waals surface area contributed by atoms with Gasteiger partial charge in [0.2, 0.25) is 31.9 Å². The molecule has 6 aromatic rings. The smallest absolute Gasteiger partial charge is 0.390 e. The highest BCUT2D eigenvalue weighted by Gasteiger charge is 2.67. The summed E-state index contributed by atoms with van der Waals surface area (Å²) in [5.41, 5.74) is 9.69. The Bertz CT molecular complexity index is 4410. The average Bonchev–Trinajstić information content (AvgIpc) is 1.52. The first-order valence-corrected chi connectivity index (χ1v) is 39.1. The molecule has 0 spiro atoms. The third-order valence-electron chi connectivity index (χ3n) is 24.5. The van der Waals surface area contributed by atoms with Crippen LogP contribution in [0.15, 0.2) is 72.8 Å². The Morgan fingerprint density at radius 1 is 0.531 bits per heavy atom. The van der Waals surface area contributed by atoms with E-state index in [1.807, 2.05) is 35.1 Å². The Kier molecular flexibility index (Phi) is 16.7. The Morgan fingerprint density at radius 2 is 0.949 bits per heavy atom. The molecule has 0 radical (unpaired) electrons. The fourth-order valence-corrected chi connectivity index (χ4v) is 21.6. The van der Waals surface area contributed by atoms with E-state index in [9.17, 15) is 44.4 Å². The van der Waals surface area contributed by atoms with E-state index in [1.165, 1.54) is 36.0 Å². The van der Waals surface area contributed by atoms with Crippen molar-refractivity contribution in [3.63, 3.8) is 0 Å². The van der Waals surface area contributed by atoms with Gasteiger partial charge in [-0.05, 0) is 185 Å². The zero-order chi connectivity index (χ0) is 67.8. The molecule has 8 atom stereocenters. The molecule has 2 aromatic heterocycles. The van der Waals surface area contributed by atoms with Crippen molar-refractivity contribution in [1.82, 2.24) is 28.4 Å². The van der Waals surface area contributed by atoms with Gasteiger partial charge in [0, 0.05) is 69.0 Å². The number of sulfonamides is 2. The zero-order valence-corrected chi connectivity index (χ0v) is 57.4. The highest BCUT2D eigenvalue weighted by Crippen LogP contribution is 2.68. The minimum absolute atomic E-state index is 0.0261. The molecule has 5 saturated carbocycles. The number of methoxy groups -OCH3 is 2. The molecule has 98 heavy (non-hydrogen) atoms. The molecule has 8 heterocycles. The van der Waals surface area contributed by atoms with Gasteiger partial charge in [0.15, 0.2) is 0 Å². The zero-order valence-electron chi connectivity index (χ0n) is 55.8. The van der Waals surface area contributed by atoms with Gasteiger partial charge in [0.25, 0.3) is 11.8 Å². The molecular formula is C75H87F3N6O12S2. The Morgan fingerprint density at radius 3 is 1.35 bits per heavy atom. The van der Waals surface area contributed by atoms with Crippen LogP contribution < -0.4 is 18.9 Å². The number of ether oxygens (including phenoxy) is 4. The van der Waals surface area contributed by atoms with Gasteiger partial charge in [-0.3, -0.25) is 19.2 Å². The molecule has 18 nitrogen and oxygen atoms in total. The summed E-state index contributed by atoms with van der Waals surface area (Å²) >= 11 is 0. The second kappa shape index (κ2) is 25.0. The van der Waals surface area contributed by atoms with E-state index in [-0.39, 0.29) is 59.3 Å². The van der Waals surface area contributed by atoms with E-state index in [0.29, 0.717) is 75.8 Å². The number of hydrogen-bond donors (Lipinski definition) is 2. The second-order valence-corrected chi connectivity index (χ2v) is 34.0. The van der Waals surface area contributed by atoms with Crippen LogP contribution in [0, 0.1) is 10.8 Å². The summed E-state index contributed by atoms with van der Waals surface area (Å²) in [6.45, 7) is 3.16. The molecule has 4 bridgehead atoms. The van der Waals surface area contributed by atoms with Gasteiger partial charge in [-0.25, -0.2) is 26.3 Å². The van der Waals surface area contributed by atoms with Crippen molar-refractivity contribution in [2.24, 2.45) is 10.8 Å². The maximum Gasteiger partial charge on any atom is 0.390 e. The van der Waals surface area contributed by atoms with Crippen LogP contribution in [0.2, 0.25) is 0 Å². The average molecular weight is 1390 g/mol. The molecule has 522 valence electrons. The summed E-state index contributed by atoms with van der Waals surface area (Å²) in [7, 11) is -4.93. The molecule has 4 aromatic carbocycles. The van der Waals surface area contributed by atoms with Crippen LogP contribution in [-0.2, 0) is 52.2 Å². The number of benzene rings is 4. The fourth-order valence-electron chi connectivity index (χ4n) is 19.1. The molecule has 6 aliphatic heterocycles. The first kappa shape index (κ1) is 65.6. The van der Waals surface area contributed by atoms with Crippen LogP contribution in [0.4, 0.5) is 13.2 Å². The van der Waals surface area contributed by atoms with Crippen molar-refractivity contribution in [3.05, 3.63) is 106 Å². The second-order valence-electron chi connectivity index (χ2n) is 30.2. The summed E-state index contributed by atoms with van der Waals surface area (Å²) in [4.78, 5) is 61.2. The van der Waals surface area contributed by atoms with E-state index in [0.717, 1.165) is 152 Å². The van der Waals surface area contributed by atoms with Crippen molar-refractivity contribution in [2.75, 3.05) is 46.4 Å². The predicted octanol–water partition coefficient (Wildman–Crippen LogP) is 12.9. The van der Waals surface area contributed by atoms with Crippen molar-refractivity contribution in [2.45, 2.75) is 214 Å². The number of amides is 4. The van der Waals surface area contributed by atoms with Crippen LogP contribution in [0.1, 0.15) is 208 Å². The minimum Gasteiger partial charge on any atom is -0.497 e. The molecule has 2 N–H and O–H groups in total. The largest absolute Gasteiger partial charge is 0.497 e. The summed E-state index contributed by atoms with van der Waals surface area (Å²) < 4.78 is 121. The fraction of sp³-hybridized carbons (Fsp3) is 0.573. The number of carbonyl (C=O) groups is 4. The third kappa shape index (κ3) is 11.4. The van der Waals surface area contributed by atoms with Crippen LogP contribution in [-0.4, -0.2) is 141 Å². The summed E-state index contributed by atoms with van der Waals surface area (Å²) in [6.07, 6.45) is 14.3. The van der Waals surface area contributed by atoms with E-state index in [1.54, 1.807) is 32.4 Å². The first-order chi connectivity index (χ1) is 47.2. The number of nitrogens with one attached hydrogen (secondary N) is 2. The van der Waals surface area contributed by atoms with E-state index < -0.39 is 66.3 Å². The maximum absolute atomic E-state index is 15.0. The summed E-state index contributed by atoms with van der Waals surface area (Å²) in [5.74, 6) is -0.309. The molecule has 5 aliphatic carbocycles. The lowest BCUT2D eigenvalue weighted by molar-refractivity contribution is -0.157. The Labute approximate surface area is 570 Å². The number of nitrogens with zero attached hydrogens (tertiary/aromatic N) is 4. The quantitative estimate of drug-likeness (QED) is 0.110. The molecule has 4 saturated heterocycles. The van der Waals surface area contributed by atoms with Crippen molar-refractivity contribution in [1.29, 1.82) is 0 Å². The number of fused-ring (bicyclic) bond motifs is 18. The van der Waals surface area contributed by atoms with Gasteiger partial charge in [0.05, 0.1) is 104 Å². The number of piperidine rings is 2. The van der Waals surface area contributed by atoms with Crippen molar-refractivity contribution in [3.8, 4) is 34.0 Å². The molecule has 8 unspecified atom stereocenters. The lowest BCUT2D eigenvalue weighted by atomic mass is 9.81. The Balaban J connectivity index is 0.000000153. The van der Waals surface area contributed by atoms with E-state index in [2.05, 4.69) is 47.9 Å². The van der Waals surface area contributed by atoms with Gasteiger partial charge in [-0.15, -0.1) is 0 Å². The van der Waals surface area contributed by atoms with Crippen molar-refractivity contribution >= 4 is 65.5 Å². The number of halogens is 3. The third-order valence-corrected chi connectivity index (χ3v) is 27.5. The lowest BCUT2D eigenvalue weighted by Crippen LogP contribution is -2.59. The number of rotatable bonds is 13. The number of hydrogen-bond acceptors (Lipinski definition) is 12. The highest BCUT2D eigenvalue weighted by molar-refractivity contribution is 7.90. The molecule has 11 aliphatic rings. The summed E-state index contributed by atoms with van der Waals surface area (Å²) in [6, 6.07) is 23.5. The Hall–Kier alpha value is -6.95. The lowest BCUT2D eigenvalue weighted by Gasteiger charge is -2.47. The van der Waals surface area contributed by atoms with Crippen LogP contribution in [0.3, 0.4) is 0 Å². The molecular weight excluding hydrogens is 1300 g/mol. The van der Waals surface area contributed by atoms with Crippen LogP contribution in [0.5, 0.6) is 11.5 Å². The minimum atomic E-state index is -4.68. The number of morpholine rings is 2. The standard InChI is InChI=1S/C38H45N3O6S.C37H42F3N3O6S/c1-46-27-14-16-29-31(18-27)32-19-38(32,37(43)41-25-9-5-10-26(41)21-47-20-25)22-40-33-17-24(36(42)39-48(44,45)28-11-6-12-28)13-15-30(33)34(35(29)40)23-7-3-2-4-8-23;1-48-26-11-13-27-29(17-26)30-18-36(30,35(45)43-24-8-5-9-25(43)20-49-19-24)21-42-31-16-23(34(44)41-50(46,47)15-14-37(38,39)40)10-12-28(31)32(33(27)42)22-6-3-2-4-7-22/h13-18,23,25-26,28,32H,2-12,19-22H2,1H3,(H,39,42);10-13,16-17,22,24-25,30H,2-9,14-15,18-21H2,1H3,(H,41,44). The van der Waals surface area contributed by atoms with Gasteiger partial charge >= 0.3 is 6.18 Å². The molecule has 17 rings (SSSR count). The maximum atomic E-state index is 15.0. The van der Waals surface area contributed by atoms with E-state index >= 15 is 4.79 Å². The SMILES string of the molecule is COc1ccc2c(c1)C1CC1(C(=O)N1C3CCCC1COC3)Cn1c-2c(C2CCCCC2)c2ccc(C(=O)NS(=O)(=O)C3CCC3)cc21.COc1ccc2c(c1)C1CC1(C(=O)N1C3CCCC1COC3)Cn1c-2c(C2CCCCC2)c2ccc(C(=O)NS(=O)(=O)CCC(F)(F)F)cc21. The number of aromatic nitrogens is 2. The normalized spacial score (nSPS) is 27.4. The molecule has 9 fully saturated rings. The number of alkyl halides is 3. The van der Waals surface area contributed by atoms with E-state index in [4.69, 9.17) is 18.9 Å². The number of carbonyl (C=O) groups excluding carboxylic acids is 4. The molecule has 23 heteroatoms. The van der Waals surface area contributed by atoms with Gasteiger partial charge < -0.3 is 37.9 Å². The first-order valence-electron chi connectivity index (χ1n) is 35.9. The van der Waals surface area contributed by atoms with Gasteiger partial charge in [0.1, 0.15) is 11.5 Å². The van der Waals surface area contributed by atoms with Gasteiger partial charge in [-0.1, -0.05) is 57.1 Å². The van der Waals surface area contributed by atoms with Crippen molar-refractivity contribution < 1.29 is 68.1 Å². The monoisotopic (exact) mass is 1380 g/mol. The topological polar surface area (TPSA) is 214 Å². The highest BCUT2D eigenvalue weighted by atomic mass is 32.2.